The molecule has 1 saturated heterocycles. The third kappa shape index (κ3) is 3.86. The van der Waals surface area contributed by atoms with E-state index >= 15 is 0 Å². The maximum atomic E-state index is 13.0. The van der Waals surface area contributed by atoms with Gasteiger partial charge in [-0.2, -0.15) is 13.2 Å². The molecule has 0 unspecified atom stereocenters. The largest absolute Gasteiger partial charge is 0.450 e. The monoisotopic (exact) mass is 383 g/mol. The Hall–Kier alpha value is -2.05. The fourth-order valence-corrected chi connectivity index (χ4v) is 3.35. The SMILES string of the molecule is O=C(OC1(c2ccccc2)CCNCC1)c1ccc(Cl)c(C(F)(F)F)c1. The third-order valence-corrected chi connectivity index (χ3v) is 4.84. The van der Waals surface area contributed by atoms with Crippen molar-refractivity contribution in [2.24, 2.45) is 0 Å². The van der Waals surface area contributed by atoms with E-state index in [1.807, 2.05) is 30.3 Å². The molecule has 1 aliphatic rings. The van der Waals surface area contributed by atoms with Crippen molar-refractivity contribution < 1.29 is 22.7 Å². The summed E-state index contributed by atoms with van der Waals surface area (Å²) in [5.41, 5.74) is -1.25. The van der Waals surface area contributed by atoms with Crippen molar-refractivity contribution in [3.8, 4) is 0 Å². The molecule has 7 heteroatoms. The lowest BCUT2D eigenvalue weighted by Crippen LogP contribution is -2.43. The van der Waals surface area contributed by atoms with Gasteiger partial charge in [0, 0.05) is 12.8 Å². The molecular weight excluding hydrogens is 367 g/mol. The Labute approximate surface area is 154 Å². The number of piperidine rings is 1. The van der Waals surface area contributed by atoms with Crippen LogP contribution in [0.25, 0.3) is 0 Å². The van der Waals surface area contributed by atoms with Gasteiger partial charge in [0.05, 0.1) is 16.1 Å². The van der Waals surface area contributed by atoms with Gasteiger partial charge in [0.15, 0.2) is 0 Å². The summed E-state index contributed by atoms with van der Waals surface area (Å²) in [5.74, 6) is -0.794. The van der Waals surface area contributed by atoms with Crippen molar-refractivity contribution in [1.29, 1.82) is 0 Å². The molecule has 0 aromatic heterocycles. The van der Waals surface area contributed by atoms with E-state index in [0.717, 1.165) is 17.7 Å². The molecule has 3 nitrogen and oxygen atoms in total. The number of ether oxygens (including phenoxy) is 1. The van der Waals surface area contributed by atoms with Crippen molar-refractivity contribution in [3.63, 3.8) is 0 Å². The lowest BCUT2D eigenvalue weighted by atomic mass is 9.84. The molecule has 1 aliphatic heterocycles. The maximum absolute atomic E-state index is 13.0. The minimum Gasteiger partial charge on any atom is -0.450 e. The second kappa shape index (κ2) is 7.29. The zero-order valence-electron chi connectivity index (χ0n) is 13.8. The number of carbonyl (C=O) groups excluding carboxylic acids is 1. The molecular formula is C19H17ClF3NO2. The van der Waals surface area contributed by atoms with Gasteiger partial charge < -0.3 is 10.1 Å². The number of esters is 1. The second-order valence-corrected chi connectivity index (χ2v) is 6.60. The Morgan fingerprint density at radius 2 is 1.73 bits per heavy atom. The number of benzene rings is 2. The molecule has 3 rings (SSSR count). The first-order valence-corrected chi connectivity index (χ1v) is 8.56. The second-order valence-electron chi connectivity index (χ2n) is 6.19. The van der Waals surface area contributed by atoms with Crippen molar-refractivity contribution in [3.05, 3.63) is 70.2 Å². The van der Waals surface area contributed by atoms with Gasteiger partial charge in [-0.05, 0) is 36.9 Å². The Morgan fingerprint density at radius 1 is 1.08 bits per heavy atom. The first-order chi connectivity index (χ1) is 12.3. The number of alkyl halides is 3. The van der Waals surface area contributed by atoms with Gasteiger partial charge in [0.25, 0.3) is 0 Å². The Kier molecular flexibility index (Phi) is 5.25. The average Bonchev–Trinajstić information content (AvgIpc) is 2.62. The van der Waals surface area contributed by atoms with Crippen LogP contribution < -0.4 is 5.32 Å². The molecule has 2 aromatic carbocycles. The summed E-state index contributed by atoms with van der Waals surface area (Å²) in [6, 6.07) is 12.3. The van der Waals surface area contributed by atoms with E-state index in [9.17, 15) is 18.0 Å². The number of nitrogens with one attached hydrogen (secondary N) is 1. The van der Waals surface area contributed by atoms with Crippen LogP contribution in [0.1, 0.15) is 34.3 Å². The van der Waals surface area contributed by atoms with E-state index in [1.54, 1.807) is 0 Å². The average molecular weight is 384 g/mol. The molecule has 1 fully saturated rings. The summed E-state index contributed by atoms with van der Waals surface area (Å²) in [6.07, 6.45) is -3.55. The minimum atomic E-state index is -4.64. The fourth-order valence-electron chi connectivity index (χ4n) is 3.13. The van der Waals surface area contributed by atoms with E-state index in [0.29, 0.717) is 25.9 Å². The standard InChI is InChI=1S/C19H17ClF3NO2/c20-16-7-6-13(12-15(16)19(21,22)23)17(25)26-18(8-10-24-11-9-18)14-4-2-1-3-5-14/h1-7,12,24H,8-11H2. The van der Waals surface area contributed by atoms with Crippen LogP contribution in [0.3, 0.4) is 0 Å². The third-order valence-electron chi connectivity index (χ3n) is 4.51. The lowest BCUT2D eigenvalue weighted by molar-refractivity contribution is -0.137. The maximum Gasteiger partial charge on any atom is 0.417 e. The minimum absolute atomic E-state index is 0.171. The molecule has 2 aromatic rings. The van der Waals surface area contributed by atoms with Crippen LogP contribution in [0.5, 0.6) is 0 Å². The molecule has 0 amide bonds. The molecule has 1 N–H and O–H groups in total. The predicted molar refractivity (Wildman–Crippen MR) is 92.1 cm³/mol. The van der Waals surface area contributed by atoms with Crippen LogP contribution >= 0.6 is 11.6 Å². The smallest absolute Gasteiger partial charge is 0.417 e. The normalized spacial score (nSPS) is 16.9. The summed E-state index contributed by atoms with van der Waals surface area (Å²) in [4.78, 5) is 12.6. The highest BCUT2D eigenvalue weighted by Gasteiger charge is 2.39. The van der Waals surface area contributed by atoms with E-state index in [-0.39, 0.29) is 5.56 Å². The molecule has 0 saturated carbocycles. The molecule has 26 heavy (non-hydrogen) atoms. The lowest BCUT2D eigenvalue weighted by Gasteiger charge is -2.37. The number of hydrogen-bond acceptors (Lipinski definition) is 3. The summed E-state index contributed by atoms with van der Waals surface area (Å²) in [5, 5.41) is 2.75. The summed E-state index contributed by atoms with van der Waals surface area (Å²) < 4.78 is 44.9. The van der Waals surface area contributed by atoms with Crippen molar-refractivity contribution in [2.75, 3.05) is 13.1 Å². The zero-order chi connectivity index (χ0) is 18.8. The molecule has 0 bridgehead atoms. The van der Waals surface area contributed by atoms with Crippen LogP contribution in [0.4, 0.5) is 13.2 Å². The van der Waals surface area contributed by atoms with Gasteiger partial charge in [-0.25, -0.2) is 4.79 Å². The highest BCUT2D eigenvalue weighted by Crippen LogP contribution is 2.38. The van der Waals surface area contributed by atoms with Gasteiger partial charge in [0.2, 0.25) is 0 Å². The molecule has 0 atom stereocenters. The number of rotatable bonds is 3. The van der Waals surface area contributed by atoms with Gasteiger partial charge in [0.1, 0.15) is 5.60 Å². The molecule has 138 valence electrons. The fraction of sp³-hybridized carbons (Fsp3) is 0.316. The number of hydrogen-bond donors (Lipinski definition) is 1. The van der Waals surface area contributed by atoms with Gasteiger partial charge in [-0.3, -0.25) is 0 Å². The first-order valence-electron chi connectivity index (χ1n) is 8.18. The molecule has 0 spiro atoms. The van der Waals surface area contributed by atoms with Crippen LogP contribution in [-0.2, 0) is 16.5 Å². The topological polar surface area (TPSA) is 38.3 Å². The van der Waals surface area contributed by atoms with Crippen molar-refractivity contribution in [2.45, 2.75) is 24.6 Å². The summed E-state index contributed by atoms with van der Waals surface area (Å²) in [6.45, 7) is 1.30. The first kappa shape index (κ1) is 18.7. The van der Waals surface area contributed by atoms with E-state index < -0.39 is 28.3 Å². The van der Waals surface area contributed by atoms with Crippen molar-refractivity contribution in [1.82, 2.24) is 5.32 Å². The Balaban J connectivity index is 1.92. The highest BCUT2D eigenvalue weighted by molar-refractivity contribution is 6.31. The van der Waals surface area contributed by atoms with Crippen LogP contribution in [0.2, 0.25) is 5.02 Å². The van der Waals surface area contributed by atoms with Gasteiger partial charge >= 0.3 is 12.1 Å². The van der Waals surface area contributed by atoms with E-state index in [2.05, 4.69) is 5.32 Å². The number of halogens is 4. The van der Waals surface area contributed by atoms with Crippen molar-refractivity contribution >= 4 is 17.6 Å². The summed E-state index contributed by atoms with van der Waals surface area (Å²) >= 11 is 5.62. The van der Waals surface area contributed by atoms with Crippen LogP contribution in [0, 0.1) is 0 Å². The quantitative estimate of drug-likeness (QED) is 0.774. The zero-order valence-corrected chi connectivity index (χ0v) is 14.5. The van der Waals surface area contributed by atoms with Gasteiger partial charge in [-0.1, -0.05) is 41.9 Å². The van der Waals surface area contributed by atoms with Gasteiger partial charge in [-0.15, -0.1) is 0 Å². The molecule has 0 aliphatic carbocycles. The van der Waals surface area contributed by atoms with Crippen LogP contribution in [-0.4, -0.2) is 19.1 Å². The number of carbonyl (C=O) groups is 1. The van der Waals surface area contributed by atoms with E-state index in [1.165, 1.54) is 6.07 Å². The van der Waals surface area contributed by atoms with E-state index in [4.69, 9.17) is 16.3 Å². The van der Waals surface area contributed by atoms with Crippen LogP contribution in [0.15, 0.2) is 48.5 Å². The molecule has 0 radical (unpaired) electrons. The Bertz CT molecular complexity index is 787. The Morgan fingerprint density at radius 3 is 2.35 bits per heavy atom. The molecule has 1 heterocycles. The summed E-state index contributed by atoms with van der Waals surface area (Å²) in [7, 11) is 0. The predicted octanol–water partition coefficient (Wildman–Crippen LogP) is 4.79. The highest BCUT2D eigenvalue weighted by atomic mass is 35.5.